The highest BCUT2D eigenvalue weighted by atomic mass is 32.1. The highest BCUT2D eigenvalue weighted by molar-refractivity contribution is 7.09. The number of halogens is 1. The Morgan fingerprint density at radius 1 is 1.19 bits per heavy atom. The quantitative estimate of drug-likeness (QED) is 0.479. The lowest BCUT2D eigenvalue weighted by Gasteiger charge is -2.25. The normalized spacial score (nSPS) is 17.4. The fourth-order valence-corrected chi connectivity index (χ4v) is 6.07. The summed E-state index contributed by atoms with van der Waals surface area (Å²) in [6, 6.07) is 6.28. The molecule has 1 aromatic carbocycles. The maximum Gasteiger partial charge on any atom is 0.331 e. The molecule has 0 saturated heterocycles. The fourth-order valence-electron chi connectivity index (χ4n) is 4.96. The largest absolute Gasteiger partial charge is 0.341 e. The summed E-state index contributed by atoms with van der Waals surface area (Å²) in [5.74, 6) is -0.457. The molecule has 0 unspecified atom stereocenters. The van der Waals surface area contributed by atoms with E-state index in [-0.39, 0.29) is 28.4 Å². The van der Waals surface area contributed by atoms with Gasteiger partial charge >= 0.3 is 5.69 Å². The third-order valence-corrected chi connectivity index (χ3v) is 7.33. The number of rotatable bonds is 2. The van der Waals surface area contributed by atoms with Crippen LogP contribution in [0, 0.1) is 18.2 Å². The minimum absolute atomic E-state index is 0.0892. The number of thiazole rings is 1. The number of benzene rings is 1. The summed E-state index contributed by atoms with van der Waals surface area (Å²) < 4.78 is 18.9. The fraction of sp³-hybridized carbons (Fsp3) is 0.348. The van der Waals surface area contributed by atoms with Gasteiger partial charge in [-0.3, -0.25) is 13.9 Å². The molecule has 0 amide bonds. The molecule has 0 bridgehead atoms. The van der Waals surface area contributed by atoms with Crippen molar-refractivity contribution >= 4 is 22.2 Å². The van der Waals surface area contributed by atoms with Crippen molar-refractivity contribution < 1.29 is 4.39 Å². The summed E-state index contributed by atoms with van der Waals surface area (Å²) >= 11 is 1.59. The van der Waals surface area contributed by atoms with E-state index in [1.165, 1.54) is 19.2 Å². The van der Waals surface area contributed by atoms with Gasteiger partial charge in [0.15, 0.2) is 0 Å². The van der Waals surface area contributed by atoms with E-state index in [1.807, 2.05) is 18.4 Å². The van der Waals surface area contributed by atoms with Crippen LogP contribution in [0.4, 0.5) is 4.39 Å². The summed E-state index contributed by atoms with van der Waals surface area (Å²) in [6.45, 7) is 6.93. The van der Waals surface area contributed by atoms with Crippen molar-refractivity contribution in [1.82, 2.24) is 18.7 Å². The van der Waals surface area contributed by atoms with E-state index < -0.39 is 0 Å². The van der Waals surface area contributed by atoms with Crippen LogP contribution in [0.15, 0.2) is 39.2 Å². The van der Waals surface area contributed by atoms with E-state index in [9.17, 15) is 14.0 Å². The molecule has 1 aliphatic rings. The summed E-state index contributed by atoms with van der Waals surface area (Å²) in [4.78, 5) is 30.9. The molecule has 4 aromatic rings. The highest BCUT2D eigenvalue weighted by Crippen LogP contribution is 2.53. The summed E-state index contributed by atoms with van der Waals surface area (Å²) in [5, 5.41) is 3.42. The summed E-state index contributed by atoms with van der Waals surface area (Å²) in [6.07, 6.45) is 0. The van der Waals surface area contributed by atoms with E-state index in [0.29, 0.717) is 28.7 Å². The molecule has 6 nitrogen and oxygen atoms in total. The Kier molecular flexibility index (Phi) is 4.18. The van der Waals surface area contributed by atoms with Gasteiger partial charge in [-0.1, -0.05) is 26.0 Å². The molecule has 8 heteroatoms. The van der Waals surface area contributed by atoms with Crippen LogP contribution in [0.2, 0.25) is 0 Å². The first kappa shape index (κ1) is 19.9. The molecule has 4 heterocycles. The molecule has 0 N–H and O–H groups in total. The summed E-state index contributed by atoms with van der Waals surface area (Å²) in [7, 11) is 3.17. The minimum Gasteiger partial charge on any atom is -0.341 e. The molecule has 3 aromatic heterocycles. The number of aryl methyl sites for hydroxylation is 2. The van der Waals surface area contributed by atoms with Crippen molar-refractivity contribution in [3.63, 3.8) is 0 Å². The van der Waals surface area contributed by atoms with Gasteiger partial charge in [-0.2, -0.15) is 0 Å². The molecule has 0 radical (unpaired) electrons. The van der Waals surface area contributed by atoms with Gasteiger partial charge < -0.3 is 4.57 Å². The molecular formula is C23H23FN4O2S. The van der Waals surface area contributed by atoms with Crippen LogP contribution in [-0.4, -0.2) is 18.7 Å². The molecular weight excluding hydrogens is 415 g/mol. The van der Waals surface area contributed by atoms with Crippen LogP contribution in [0.5, 0.6) is 0 Å². The van der Waals surface area contributed by atoms with Crippen LogP contribution >= 0.6 is 11.3 Å². The lowest BCUT2D eigenvalue weighted by Crippen LogP contribution is -2.37. The Bertz CT molecular complexity index is 1490. The minimum atomic E-state index is -0.379. The van der Waals surface area contributed by atoms with Gasteiger partial charge in [0.05, 0.1) is 28.2 Å². The van der Waals surface area contributed by atoms with Gasteiger partial charge in [0, 0.05) is 37.3 Å². The van der Waals surface area contributed by atoms with Crippen molar-refractivity contribution in [1.29, 1.82) is 0 Å². The second-order valence-electron chi connectivity index (χ2n) is 9.01. The Balaban J connectivity index is 1.99. The maximum absolute atomic E-state index is 14.2. The van der Waals surface area contributed by atoms with E-state index in [0.717, 1.165) is 21.0 Å². The average molecular weight is 439 g/mol. The van der Waals surface area contributed by atoms with Crippen LogP contribution in [0.3, 0.4) is 0 Å². The zero-order valence-electron chi connectivity index (χ0n) is 18.1. The lowest BCUT2D eigenvalue weighted by molar-refractivity contribution is 0.323. The zero-order valence-corrected chi connectivity index (χ0v) is 18.9. The van der Waals surface area contributed by atoms with Crippen LogP contribution in [-0.2, 0) is 20.6 Å². The number of aromatic nitrogens is 4. The molecule has 0 aliphatic carbocycles. The van der Waals surface area contributed by atoms with Crippen molar-refractivity contribution in [2.24, 2.45) is 19.5 Å². The van der Waals surface area contributed by atoms with Gasteiger partial charge in [-0.05, 0) is 24.5 Å². The van der Waals surface area contributed by atoms with Gasteiger partial charge in [0.1, 0.15) is 10.8 Å². The van der Waals surface area contributed by atoms with E-state index in [1.54, 1.807) is 29.0 Å². The first-order valence-corrected chi connectivity index (χ1v) is 11.0. The highest BCUT2D eigenvalue weighted by Gasteiger charge is 2.46. The zero-order chi connectivity index (χ0) is 22.2. The van der Waals surface area contributed by atoms with Gasteiger partial charge in [-0.15, -0.1) is 11.3 Å². The van der Waals surface area contributed by atoms with E-state index >= 15 is 0 Å². The standard InChI is InChI=1S/C23H23FN4O2S/c1-12-10-31-20(25-12)16-19-18-15(21(29)27(5)22(30)26(18)4)17(28(19)11-23(16,2)3)13-7-6-8-14(24)9-13/h6-10,16H,11H2,1-5H3/t16-/m0/s1. The second kappa shape index (κ2) is 6.50. The molecule has 31 heavy (non-hydrogen) atoms. The van der Waals surface area contributed by atoms with Crippen molar-refractivity contribution in [2.45, 2.75) is 33.2 Å². The first-order valence-electron chi connectivity index (χ1n) is 10.1. The van der Waals surface area contributed by atoms with E-state index in [4.69, 9.17) is 4.98 Å². The number of hydrogen-bond donors (Lipinski definition) is 0. The Hall–Kier alpha value is -3.00. The van der Waals surface area contributed by atoms with Crippen molar-refractivity contribution in [2.75, 3.05) is 0 Å². The maximum atomic E-state index is 14.2. The molecule has 1 aliphatic heterocycles. The monoisotopic (exact) mass is 438 g/mol. The molecule has 0 spiro atoms. The van der Waals surface area contributed by atoms with Gasteiger partial charge in [-0.25, -0.2) is 14.2 Å². The van der Waals surface area contributed by atoms with Crippen LogP contribution < -0.4 is 11.2 Å². The third-order valence-electron chi connectivity index (χ3n) is 6.31. The van der Waals surface area contributed by atoms with E-state index in [2.05, 4.69) is 18.4 Å². The first-order chi connectivity index (χ1) is 14.6. The predicted molar refractivity (Wildman–Crippen MR) is 120 cm³/mol. The smallest absolute Gasteiger partial charge is 0.331 e. The Morgan fingerprint density at radius 3 is 2.58 bits per heavy atom. The lowest BCUT2D eigenvalue weighted by atomic mass is 9.79. The second-order valence-corrected chi connectivity index (χ2v) is 9.90. The molecule has 1 atom stereocenters. The SMILES string of the molecule is Cc1csc([C@@H]2c3c4c(c(-c5cccc(F)c5)n3CC2(C)C)c(=O)n(C)c(=O)n4C)n1. The summed E-state index contributed by atoms with van der Waals surface area (Å²) in [5.41, 5.74) is 2.78. The Morgan fingerprint density at radius 2 is 1.94 bits per heavy atom. The third kappa shape index (κ3) is 2.70. The van der Waals surface area contributed by atoms with Crippen molar-refractivity contribution in [3.8, 4) is 11.3 Å². The average Bonchev–Trinajstić information content (AvgIpc) is 3.34. The van der Waals surface area contributed by atoms with Gasteiger partial charge in [0.25, 0.3) is 5.56 Å². The topological polar surface area (TPSA) is 61.8 Å². The number of fused-ring (bicyclic) bond motifs is 3. The predicted octanol–water partition coefficient (Wildman–Crippen LogP) is 3.78. The number of nitrogens with zero attached hydrogens (tertiary/aromatic N) is 4. The van der Waals surface area contributed by atoms with Crippen molar-refractivity contribution in [3.05, 3.63) is 72.7 Å². The van der Waals surface area contributed by atoms with Gasteiger partial charge in [0.2, 0.25) is 0 Å². The molecule has 0 fully saturated rings. The molecule has 0 saturated carbocycles. The molecule has 160 valence electrons. The van der Waals surface area contributed by atoms with Crippen LogP contribution in [0.25, 0.3) is 22.2 Å². The number of hydrogen-bond acceptors (Lipinski definition) is 4. The molecule has 5 rings (SSSR count). The van der Waals surface area contributed by atoms with Crippen LogP contribution in [0.1, 0.15) is 36.2 Å². The Labute approximate surface area is 182 Å².